The van der Waals surface area contributed by atoms with Crippen molar-refractivity contribution in [3.05, 3.63) is 102 Å². The number of aliphatic carboxylic acids is 1. The van der Waals surface area contributed by atoms with E-state index in [0.717, 1.165) is 16.8 Å². The molecule has 0 bridgehead atoms. The van der Waals surface area contributed by atoms with E-state index in [0.29, 0.717) is 0 Å². The summed E-state index contributed by atoms with van der Waals surface area (Å²) >= 11 is 0. The number of carbonyl (C=O) groups is 1. The molecular weight excluding hydrogens is 367 g/mol. The van der Waals surface area contributed by atoms with Gasteiger partial charge in [0.1, 0.15) is 11.7 Å². The van der Waals surface area contributed by atoms with Crippen molar-refractivity contribution in [1.82, 2.24) is 5.43 Å². The molecule has 29 heavy (non-hydrogen) atoms. The van der Waals surface area contributed by atoms with Gasteiger partial charge in [-0.3, -0.25) is 9.80 Å². The number of hydrazine groups is 1. The molecule has 3 atom stereocenters. The Kier molecular flexibility index (Phi) is 6.62. The van der Waals surface area contributed by atoms with E-state index in [1.165, 1.54) is 12.1 Å². The van der Waals surface area contributed by atoms with E-state index in [2.05, 4.69) is 5.43 Å². The van der Waals surface area contributed by atoms with E-state index in [-0.39, 0.29) is 5.82 Å². The normalized spacial score (nSPS) is 20.7. The summed E-state index contributed by atoms with van der Waals surface area (Å²) in [5.74, 6) is -1.98. The fraction of sp³-hybridized carbons (Fsp3) is 0.208. The first-order valence-electron chi connectivity index (χ1n) is 9.79. The molecule has 150 valence electrons. The molecular formula is C24H25FN2O2. The average molecular weight is 392 g/mol. The monoisotopic (exact) mass is 392 g/mol. The van der Waals surface area contributed by atoms with E-state index in [1.54, 1.807) is 12.1 Å². The smallest absolute Gasteiger partial charge is 0.311 e. The van der Waals surface area contributed by atoms with Gasteiger partial charge in [-0.25, -0.2) is 9.82 Å². The van der Waals surface area contributed by atoms with Gasteiger partial charge >= 0.3 is 5.97 Å². The number of nitrogens with one attached hydrogen (secondary N) is 1. The molecule has 2 N–H and O–H groups in total. The highest BCUT2D eigenvalue weighted by molar-refractivity contribution is 5.75. The number of benzene rings is 3. The van der Waals surface area contributed by atoms with Gasteiger partial charge in [-0.05, 0) is 35.4 Å². The third-order valence-electron chi connectivity index (χ3n) is 4.95. The Morgan fingerprint density at radius 2 is 1.41 bits per heavy atom. The minimum Gasteiger partial charge on any atom is -0.481 e. The van der Waals surface area contributed by atoms with Gasteiger partial charge in [0.25, 0.3) is 0 Å². The number of hydrogen-bond acceptors (Lipinski definition) is 3. The molecule has 1 aliphatic heterocycles. The van der Waals surface area contributed by atoms with Crippen LogP contribution in [0.25, 0.3) is 0 Å². The molecule has 4 rings (SSSR count). The number of carboxylic acid groups (broad SMARTS) is 1. The first kappa shape index (κ1) is 20.6. The summed E-state index contributed by atoms with van der Waals surface area (Å²) in [6.45, 7) is 4.00. The van der Waals surface area contributed by atoms with Crippen molar-refractivity contribution >= 4 is 11.7 Å². The van der Waals surface area contributed by atoms with E-state index >= 15 is 0 Å². The Morgan fingerprint density at radius 3 is 1.97 bits per heavy atom. The standard InChI is InChI=1S/C22H19FN2O2.C2H6/c23-17-13-11-15(12-14-17)20-19(22(26)27)21(16-7-3-1-4-8-16)25(24-20)18-9-5-2-6-10-18;1-2/h1-14,19-21,24H,(H,26,27);1-2H3. The number of hydrogen-bond donors (Lipinski definition) is 2. The van der Waals surface area contributed by atoms with Crippen LogP contribution in [-0.2, 0) is 4.79 Å². The van der Waals surface area contributed by atoms with Crippen LogP contribution in [-0.4, -0.2) is 11.1 Å². The Balaban J connectivity index is 0.00000117. The molecule has 0 aromatic heterocycles. The van der Waals surface area contributed by atoms with Crippen LogP contribution in [0, 0.1) is 11.7 Å². The molecule has 1 aliphatic rings. The predicted octanol–water partition coefficient (Wildman–Crippen LogP) is 5.36. The summed E-state index contributed by atoms with van der Waals surface area (Å²) in [5, 5.41) is 12.0. The minimum atomic E-state index is -0.899. The Morgan fingerprint density at radius 1 is 0.862 bits per heavy atom. The summed E-state index contributed by atoms with van der Waals surface area (Å²) in [4.78, 5) is 12.3. The van der Waals surface area contributed by atoms with Crippen molar-refractivity contribution in [1.29, 1.82) is 0 Å². The van der Waals surface area contributed by atoms with E-state index in [4.69, 9.17) is 0 Å². The number of anilines is 1. The molecule has 5 heteroatoms. The van der Waals surface area contributed by atoms with Gasteiger partial charge in [0.2, 0.25) is 0 Å². The summed E-state index contributed by atoms with van der Waals surface area (Å²) in [6.07, 6.45) is 0. The van der Waals surface area contributed by atoms with Gasteiger partial charge in [-0.1, -0.05) is 74.5 Å². The molecule has 0 spiro atoms. The van der Waals surface area contributed by atoms with Crippen LogP contribution >= 0.6 is 0 Å². The molecule has 3 aromatic carbocycles. The topological polar surface area (TPSA) is 52.6 Å². The lowest BCUT2D eigenvalue weighted by molar-refractivity contribution is -0.142. The van der Waals surface area contributed by atoms with Gasteiger partial charge in [-0.2, -0.15) is 0 Å². The Hall–Kier alpha value is -3.18. The molecule has 1 heterocycles. The van der Waals surface area contributed by atoms with Gasteiger partial charge < -0.3 is 5.11 Å². The van der Waals surface area contributed by atoms with Crippen LogP contribution in [0.3, 0.4) is 0 Å². The highest BCUT2D eigenvalue weighted by atomic mass is 19.1. The maximum Gasteiger partial charge on any atom is 0.311 e. The van der Waals surface area contributed by atoms with Gasteiger partial charge in [0.15, 0.2) is 0 Å². The summed E-state index contributed by atoms with van der Waals surface area (Å²) in [6, 6.07) is 24.3. The largest absolute Gasteiger partial charge is 0.481 e. The lowest BCUT2D eigenvalue weighted by atomic mass is 9.85. The molecule has 4 nitrogen and oxygen atoms in total. The van der Waals surface area contributed by atoms with Crippen molar-refractivity contribution in [2.24, 2.45) is 5.92 Å². The van der Waals surface area contributed by atoms with Gasteiger partial charge in [0.05, 0.1) is 17.8 Å². The number of rotatable bonds is 4. The van der Waals surface area contributed by atoms with Crippen LogP contribution in [0.5, 0.6) is 0 Å². The number of carboxylic acids is 1. The molecule has 0 saturated carbocycles. The molecule has 3 unspecified atom stereocenters. The average Bonchev–Trinajstić information content (AvgIpc) is 3.18. The highest BCUT2D eigenvalue weighted by Gasteiger charge is 2.47. The molecule has 0 radical (unpaired) electrons. The van der Waals surface area contributed by atoms with Crippen LogP contribution in [0.2, 0.25) is 0 Å². The molecule has 3 aromatic rings. The predicted molar refractivity (Wildman–Crippen MR) is 113 cm³/mol. The third-order valence-corrected chi connectivity index (χ3v) is 4.95. The number of para-hydroxylation sites is 1. The fourth-order valence-corrected chi connectivity index (χ4v) is 3.71. The van der Waals surface area contributed by atoms with Crippen molar-refractivity contribution in [3.8, 4) is 0 Å². The molecule has 1 saturated heterocycles. The molecule has 0 aliphatic carbocycles. The number of nitrogens with zero attached hydrogens (tertiary/aromatic N) is 1. The van der Waals surface area contributed by atoms with Crippen LogP contribution in [0.4, 0.5) is 10.1 Å². The van der Waals surface area contributed by atoms with Crippen molar-refractivity contribution in [3.63, 3.8) is 0 Å². The van der Waals surface area contributed by atoms with Crippen LogP contribution in [0.1, 0.15) is 37.1 Å². The van der Waals surface area contributed by atoms with Crippen LogP contribution < -0.4 is 10.4 Å². The fourth-order valence-electron chi connectivity index (χ4n) is 3.71. The zero-order valence-corrected chi connectivity index (χ0v) is 16.5. The minimum absolute atomic E-state index is 0.344. The first-order valence-corrected chi connectivity index (χ1v) is 9.79. The summed E-state index contributed by atoms with van der Waals surface area (Å²) < 4.78 is 13.4. The Bertz CT molecular complexity index is 917. The zero-order chi connectivity index (χ0) is 20.8. The van der Waals surface area contributed by atoms with E-state index < -0.39 is 24.0 Å². The zero-order valence-electron chi connectivity index (χ0n) is 16.5. The van der Waals surface area contributed by atoms with E-state index in [1.807, 2.05) is 79.5 Å². The lowest BCUT2D eigenvalue weighted by Gasteiger charge is -2.28. The van der Waals surface area contributed by atoms with Crippen molar-refractivity contribution in [2.75, 3.05) is 5.01 Å². The summed E-state index contributed by atoms with van der Waals surface area (Å²) in [7, 11) is 0. The van der Waals surface area contributed by atoms with Crippen LogP contribution in [0.15, 0.2) is 84.9 Å². The first-order chi connectivity index (χ1) is 14.1. The van der Waals surface area contributed by atoms with Gasteiger partial charge in [-0.15, -0.1) is 0 Å². The Labute approximate surface area is 170 Å². The van der Waals surface area contributed by atoms with Gasteiger partial charge in [0, 0.05) is 0 Å². The second-order valence-electron chi connectivity index (χ2n) is 6.58. The van der Waals surface area contributed by atoms with E-state index in [9.17, 15) is 14.3 Å². The highest BCUT2D eigenvalue weighted by Crippen LogP contribution is 2.44. The second-order valence-corrected chi connectivity index (χ2v) is 6.58. The second kappa shape index (κ2) is 9.34. The summed E-state index contributed by atoms with van der Waals surface area (Å²) in [5.41, 5.74) is 5.88. The lowest BCUT2D eigenvalue weighted by Crippen LogP contribution is -2.34. The van der Waals surface area contributed by atoms with Crippen molar-refractivity contribution < 1.29 is 14.3 Å². The third kappa shape index (κ3) is 4.30. The maximum absolute atomic E-state index is 13.4. The quantitative estimate of drug-likeness (QED) is 0.628. The maximum atomic E-state index is 13.4. The number of halogens is 1. The van der Waals surface area contributed by atoms with Crippen molar-refractivity contribution in [2.45, 2.75) is 25.9 Å². The molecule has 0 amide bonds. The SMILES string of the molecule is CC.O=C(O)C1C(c2ccc(F)cc2)NN(c2ccccc2)C1c1ccccc1. The molecule has 1 fully saturated rings.